The van der Waals surface area contributed by atoms with E-state index in [1.54, 1.807) is 18.4 Å². The van der Waals surface area contributed by atoms with Crippen LogP contribution in [0, 0.1) is 6.92 Å². The monoisotopic (exact) mass is 588 g/mol. The van der Waals surface area contributed by atoms with Gasteiger partial charge >= 0.3 is 211 Å². The average Bonchev–Trinajstić information content (AvgIpc) is 3.41. The van der Waals surface area contributed by atoms with E-state index in [0.29, 0.717) is 5.56 Å². The van der Waals surface area contributed by atoms with E-state index in [9.17, 15) is 4.79 Å². The normalized spacial score (nSPS) is 14.7. The molecule has 1 aromatic heterocycles. The molecule has 1 aliphatic rings. The Morgan fingerprint density at radius 3 is 2.61 bits per heavy atom. The molecule has 2 heterocycles. The molecule has 1 saturated heterocycles. The van der Waals surface area contributed by atoms with Crippen LogP contribution in [0.1, 0.15) is 21.5 Å². The van der Waals surface area contributed by atoms with Gasteiger partial charge in [-0.1, -0.05) is 0 Å². The summed E-state index contributed by atoms with van der Waals surface area (Å²) in [5.74, 6) is 0.748. The minimum absolute atomic E-state index is 0.0829. The van der Waals surface area contributed by atoms with E-state index in [1.165, 1.54) is 15.5 Å². The number of rotatable bonds is 8. The first kappa shape index (κ1) is 26.6. The molecule has 8 heteroatoms. The quantitative estimate of drug-likeness (QED) is 0.320. The van der Waals surface area contributed by atoms with E-state index >= 15 is 0 Å². The summed E-state index contributed by atoms with van der Waals surface area (Å²) in [6.45, 7) is 7.43. The van der Waals surface area contributed by atoms with Crippen molar-refractivity contribution in [1.82, 2.24) is 14.8 Å². The van der Waals surface area contributed by atoms with Gasteiger partial charge in [-0.3, -0.25) is 0 Å². The van der Waals surface area contributed by atoms with E-state index in [1.807, 2.05) is 36.4 Å². The van der Waals surface area contributed by atoms with Crippen LogP contribution in [-0.2, 0) is 6.54 Å². The summed E-state index contributed by atoms with van der Waals surface area (Å²) >= 11 is 1.07. The number of hydrogen-bond acceptors (Lipinski definition) is 6. The van der Waals surface area contributed by atoms with Gasteiger partial charge in [0.1, 0.15) is 0 Å². The van der Waals surface area contributed by atoms with Crippen LogP contribution in [0.15, 0.2) is 72.1 Å². The second-order valence-corrected chi connectivity index (χ2v) is 13.9. The van der Waals surface area contributed by atoms with Crippen LogP contribution in [0.5, 0.6) is 5.75 Å². The summed E-state index contributed by atoms with van der Waals surface area (Å²) in [7, 11) is 3.85. The number of ether oxygens (including phenoxy) is 1. The number of anilines is 1. The average molecular weight is 589 g/mol. The van der Waals surface area contributed by atoms with Crippen LogP contribution in [0.4, 0.5) is 5.69 Å². The van der Waals surface area contributed by atoms with E-state index in [4.69, 9.17) is 9.72 Å². The second-order valence-electron chi connectivity index (χ2n) is 9.66. The molecule has 0 aliphatic carbocycles. The Labute approximate surface area is 235 Å². The van der Waals surface area contributed by atoms with Crippen molar-refractivity contribution in [3.8, 4) is 17.0 Å². The van der Waals surface area contributed by atoms with Gasteiger partial charge < -0.3 is 4.90 Å². The summed E-state index contributed by atoms with van der Waals surface area (Å²) in [6.07, 6.45) is 0. The Kier molecular flexibility index (Phi) is 8.60. The number of aromatic nitrogens is 1. The third-order valence-corrected chi connectivity index (χ3v) is 11.1. The molecule has 5 rings (SSSR count). The zero-order valence-electron chi connectivity index (χ0n) is 22.0. The Hall–Kier alpha value is -2.96. The number of carbonyl (C=O) groups excluding carboxylic acids is 1. The Bertz CT molecular complexity index is 1400. The number of likely N-dealkylation sites (N-methyl/N-ethyl adjacent to an activating group) is 1. The van der Waals surface area contributed by atoms with Crippen LogP contribution in [0.3, 0.4) is 0 Å². The fraction of sp³-hybridized carbons (Fsp3) is 0.267. The first-order valence-corrected chi connectivity index (χ1v) is 15.7. The number of hydrogen-bond donors (Lipinski definition) is 1. The van der Waals surface area contributed by atoms with Crippen molar-refractivity contribution in [2.45, 2.75) is 13.5 Å². The van der Waals surface area contributed by atoms with Crippen molar-refractivity contribution in [3.63, 3.8) is 0 Å². The second kappa shape index (κ2) is 12.3. The fourth-order valence-corrected chi connectivity index (χ4v) is 8.28. The first-order valence-electron chi connectivity index (χ1n) is 12.8. The molecule has 38 heavy (non-hydrogen) atoms. The van der Waals surface area contributed by atoms with Crippen LogP contribution in [0.2, 0.25) is 0 Å². The maximum atomic E-state index is 13.0. The third-order valence-electron chi connectivity index (χ3n) is 6.82. The van der Waals surface area contributed by atoms with Gasteiger partial charge in [0.05, 0.1) is 0 Å². The molecule has 1 unspecified atom stereocenters. The summed E-state index contributed by atoms with van der Waals surface area (Å²) < 4.78 is 7.79. The van der Waals surface area contributed by atoms with Gasteiger partial charge in [0.15, 0.2) is 0 Å². The van der Waals surface area contributed by atoms with Crippen molar-refractivity contribution < 1.29 is 9.53 Å². The van der Waals surface area contributed by atoms with Crippen molar-refractivity contribution >= 4 is 46.8 Å². The molecule has 1 atom stereocenters. The molecule has 1 aliphatic heterocycles. The molecule has 4 aromatic rings. The fourth-order valence-electron chi connectivity index (χ4n) is 4.42. The Morgan fingerprint density at radius 2 is 1.84 bits per heavy atom. The van der Waals surface area contributed by atoms with E-state index in [-0.39, 0.29) is 5.91 Å². The van der Waals surface area contributed by atoms with Gasteiger partial charge in [0, 0.05) is 13.1 Å². The predicted octanol–water partition coefficient (Wildman–Crippen LogP) is 3.51. The van der Waals surface area contributed by atoms with Crippen LogP contribution < -0.4 is 18.2 Å². The summed E-state index contributed by atoms with van der Waals surface area (Å²) in [4.78, 5) is 22.7. The van der Waals surface area contributed by atoms with E-state index in [2.05, 4.69) is 64.8 Å². The number of amides is 1. The summed E-state index contributed by atoms with van der Waals surface area (Å²) in [6, 6.07) is 22.2. The number of nitrogens with zero attached hydrogens (tertiary/aromatic N) is 3. The molecule has 0 radical (unpaired) electrons. The number of benzene rings is 3. The van der Waals surface area contributed by atoms with Gasteiger partial charge in [-0.25, -0.2) is 0 Å². The molecule has 0 bridgehead atoms. The Balaban J connectivity index is 1.22. The molecule has 1 fully saturated rings. The maximum absolute atomic E-state index is 13.0. The number of piperazine rings is 1. The molecule has 0 saturated carbocycles. The topological polar surface area (TPSA) is 57.7 Å². The van der Waals surface area contributed by atoms with Crippen molar-refractivity contribution in [2.24, 2.45) is 0 Å². The van der Waals surface area contributed by atoms with Crippen molar-refractivity contribution in [2.75, 3.05) is 45.7 Å². The zero-order chi connectivity index (χ0) is 26.5. The number of nitrogens with one attached hydrogen (secondary N) is 1. The third kappa shape index (κ3) is 6.72. The number of carbonyl (C=O) groups is 1. The molecule has 1 N–H and O–H groups in total. The minimum atomic E-state index is -0.635. The standard InChI is InChI=1S/C30H33AsN4O2S/c1-21-7-12-25(18-27(21)31-30-33-28(20-38-30)24-5-4-6-26(17-24)37-3)32-29(36)23-10-8-22(9-11-23)19-35-15-13-34(2)14-16-35/h4-12,17-18,20,31H,13-16,19H2,1-3H3,(H,32,36). The van der Waals surface area contributed by atoms with Gasteiger partial charge in [-0.2, -0.15) is 0 Å². The van der Waals surface area contributed by atoms with Crippen LogP contribution in [0.25, 0.3) is 11.3 Å². The number of methoxy groups -OCH3 is 1. The number of aryl methyl sites for hydroxylation is 1. The molecular weight excluding hydrogens is 555 g/mol. The molecule has 3 aromatic carbocycles. The Morgan fingerprint density at radius 1 is 1.05 bits per heavy atom. The predicted molar refractivity (Wildman–Crippen MR) is 159 cm³/mol. The summed E-state index contributed by atoms with van der Waals surface area (Å²) in [5.41, 5.74) is 6.01. The van der Waals surface area contributed by atoms with E-state index in [0.717, 1.165) is 59.2 Å². The molecule has 0 spiro atoms. The SMILES string of the molecule is COc1cccc(-c2csc([AsH]c3cc(NC(=O)c4ccc(CN5CCN(C)CC5)cc4)ccc3C)n2)c1. The van der Waals surface area contributed by atoms with Crippen molar-refractivity contribution in [3.05, 3.63) is 88.8 Å². The molecule has 1 amide bonds. The number of thiazole rings is 1. The van der Waals surface area contributed by atoms with Crippen LogP contribution in [-0.4, -0.2) is 76.8 Å². The van der Waals surface area contributed by atoms with Gasteiger partial charge in [0.25, 0.3) is 0 Å². The van der Waals surface area contributed by atoms with Gasteiger partial charge in [-0.15, -0.1) is 0 Å². The van der Waals surface area contributed by atoms with Gasteiger partial charge in [-0.05, 0) is 7.05 Å². The van der Waals surface area contributed by atoms with Crippen molar-refractivity contribution in [1.29, 1.82) is 0 Å². The first-order chi connectivity index (χ1) is 18.5. The van der Waals surface area contributed by atoms with Crippen LogP contribution >= 0.6 is 11.3 Å². The molecule has 196 valence electrons. The molecular formula is C30H33AsN4O2S. The van der Waals surface area contributed by atoms with E-state index < -0.39 is 15.8 Å². The van der Waals surface area contributed by atoms with Gasteiger partial charge in [0.2, 0.25) is 0 Å². The molecule has 6 nitrogen and oxygen atoms in total. The summed E-state index contributed by atoms with van der Waals surface area (Å²) in [5, 5.41) is 5.21. The zero-order valence-corrected chi connectivity index (χ0v) is 24.9.